The minimum Gasteiger partial charge on any atom is -0.436 e. The highest BCUT2D eigenvalue weighted by atomic mass is 19.1. The lowest BCUT2D eigenvalue weighted by Gasteiger charge is -2.26. The zero-order chi connectivity index (χ0) is 20.4. The SMILES string of the molecule is Cc1ccc(C(C)(C)c2ccc(Oc3nc(-n4nccn4)ncc3F)cc2)cc1. The van der Waals surface area contributed by atoms with Crippen molar-refractivity contribution in [3.8, 4) is 17.6 Å². The average molecular weight is 389 g/mol. The molecule has 2 aromatic heterocycles. The van der Waals surface area contributed by atoms with Crippen LogP contribution in [0, 0.1) is 12.7 Å². The first-order chi connectivity index (χ1) is 13.9. The number of rotatable bonds is 5. The number of hydrogen-bond donors (Lipinski definition) is 0. The van der Waals surface area contributed by atoms with Gasteiger partial charge in [-0.15, -0.1) is 4.80 Å². The standard InChI is InChI=1S/C22H20FN5O/c1-15-4-6-16(7-5-15)22(2,3)17-8-10-18(11-9-17)29-20-19(23)14-24-21(27-20)28-25-12-13-26-28/h4-14H,1-3H3. The van der Waals surface area contributed by atoms with Crippen LogP contribution in [0.5, 0.6) is 11.6 Å². The molecule has 0 aliphatic rings. The van der Waals surface area contributed by atoms with E-state index in [4.69, 9.17) is 4.74 Å². The molecule has 29 heavy (non-hydrogen) atoms. The van der Waals surface area contributed by atoms with Crippen molar-refractivity contribution in [2.45, 2.75) is 26.2 Å². The lowest BCUT2D eigenvalue weighted by Crippen LogP contribution is -2.18. The molecule has 0 aliphatic heterocycles. The third kappa shape index (κ3) is 3.85. The van der Waals surface area contributed by atoms with Crippen LogP contribution >= 0.6 is 0 Å². The predicted molar refractivity (Wildman–Crippen MR) is 107 cm³/mol. The van der Waals surface area contributed by atoms with E-state index in [2.05, 4.69) is 65.2 Å². The van der Waals surface area contributed by atoms with E-state index in [1.807, 2.05) is 12.1 Å². The summed E-state index contributed by atoms with van der Waals surface area (Å²) in [5.41, 5.74) is 3.39. The van der Waals surface area contributed by atoms with E-state index >= 15 is 0 Å². The Morgan fingerprint density at radius 1 is 0.897 bits per heavy atom. The number of nitrogens with zero attached hydrogens (tertiary/aromatic N) is 5. The van der Waals surface area contributed by atoms with Crippen molar-refractivity contribution in [1.29, 1.82) is 0 Å². The van der Waals surface area contributed by atoms with E-state index in [-0.39, 0.29) is 17.2 Å². The highest BCUT2D eigenvalue weighted by Gasteiger charge is 2.23. The number of hydrogen-bond acceptors (Lipinski definition) is 5. The molecule has 0 amide bonds. The highest BCUT2D eigenvalue weighted by molar-refractivity contribution is 5.41. The van der Waals surface area contributed by atoms with Crippen molar-refractivity contribution in [3.05, 3.63) is 89.6 Å². The van der Waals surface area contributed by atoms with Gasteiger partial charge in [0.25, 0.3) is 11.8 Å². The van der Waals surface area contributed by atoms with Crippen molar-refractivity contribution in [1.82, 2.24) is 25.0 Å². The summed E-state index contributed by atoms with van der Waals surface area (Å²) in [6.45, 7) is 6.41. The van der Waals surface area contributed by atoms with Crippen molar-refractivity contribution in [3.63, 3.8) is 0 Å². The smallest absolute Gasteiger partial charge is 0.272 e. The van der Waals surface area contributed by atoms with Crippen molar-refractivity contribution in [2.24, 2.45) is 0 Å². The van der Waals surface area contributed by atoms with Gasteiger partial charge in [0.15, 0.2) is 0 Å². The molecule has 4 rings (SSSR count). The summed E-state index contributed by atoms with van der Waals surface area (Å²) < 4.78 is 19.8. The highest BCUT2D eigenvalue weighted by Crippen LogP contribution is 2.33. The topological polar surface area (TPSA) is 65.7 Å². The first kappa shape index (κ1) is 18.7. The summed E-state index contributed by atoms with van der Waals surface area (Å²) >= 11 is 0. The Labute approximate surface area is 168 Å². The number of aromatic nitrogens is 5. The zero-order valence-electron chi connectivity index (χ0n) is 16.4. The van der Waals surface area contributed by atoms with Crippen LogP contribution in [-0.4, -0.2) is 25.0 Å². The van der Waals surface area contributed by atoms with Crippen LogP contribution in [0.2, 0.25) is 0 Å². The van der Waals surface area contributed by atoms with Crippen molar-refractivity contribution >= 4 is 0 Å². The van der Waals surface area contributed by atoms with Gasteiger partial charge in [-0.1, -0.05) is 55.8 Å². The fourth-order valence-corrected chi connectivity index (χ4v) is 3.02. The van der Waals surface area contributed by atoms with E-state index in [1.165, 1.54) is 28.3 Å². The molecule has 4 aromatic rings. The number of aryl methyl sites for hydroxylation is 1. The molecule has 2 heterocycles. The van der Waals surface area contributed by atoms with Gasteiger partial charge in [0, 0.05) is 5.41 Å². The van der Waals surface area contributed by atoms with Gasteiger partial charge in [-0.25, -0.2) is 4.98 Å². The fourth-order valence-electron chi connectivity index (χ4n) is 3.02. The summed E-state index contributed by atoms with van der Waals surface area (Å²) in [4.78, 5) is 9.14. The number of ether oxygens (including phenoxy) is 1. The van der Waals surface area contributed by atoms with Gasteiger partial charge in [0.05, 0.1) is 18.6 Å². The summed E-state index contributed by atoms with van der Waals surface area (Å²) in [5.74, 6) is -0.239. The van der Waals surface area contributed by atoms with E-state index < -0.39 is 5.82 Å². The second-order valence-electron chi connectivity index (χ2n) is 7.26. The molecule has 0 aliphatic carbocycles. The molecule has 6 nitrogen and oxygen atoms in total. The third-order valence-corrected chi connectivity index (χ3v) is 4.86. The van der Waals surface area contributed by atoms with E-state index in [1.54, 1.807) is 12.1 Å². The summed E-state index contributed by atoms with van der Waals surface area (Å²) in [6, 6.07) is 16.1. The van der Waals surface area contributed by atoms with E-state index in [0.717, 1.165) is 11.8 Å². The van der Waals surface area contributed by atoms with Crippen LogP contribution in [0.4, 0.5) is 4.39 Å². The molecule has 146 valence electrons. The molecule has 0 fully saturated rings. The molecule has 7 heteroatoms. The van der Waals surface area contributed by atoms with Gasteiger partial charge in [-0.05, 0) is 30.2 Å². The first-order valence-corrected chi connectivity index (χ1v) is 9.18. The van der Waals surface area contributed by atoms with Crippen molar-refractivity contribution in [2.75, 3.05) is 0 Å². The van der Waals surface area contributed by atoms with Crippen molar-refractivity contribution < 1.29 is 9.13 Å². The second-order valence-corrected chi connectivity index (χ2v) is 7.26. The van der Waals surface area contributed by atoms with Gasteiger partial charge in [-0.3, -0.25) is 0 Å². The number of benzene rings is 2. The molecule has 0 saturated heterocycles. The lowest BCUT2D eigenvalue weighted by atomic mass is 9.78. The van der Waals surface area contributed by atoms with Crippen LogP contribution in [0.25, 0.3) is 5.95 Å². The Hall–Kier alpha value is -3.61. The largest absolute Gasteiger partial charge is 0.436 e. The molecular formula is C22H20FN5O. The molecular weight excluding hydrogens is 369 g/mol. The molecule has 0 atom stereocenters. The normalized spacial score (nSPS) is 11.4. The van der Waals surface area contributed by atoms with Gasteiger partial charge >= 0.3 is 0 Å². The Bertz CT molecular complexity index is 1110. The Morgan fingerprint density at radius 2 is 1.48 bits per heavy atom. The second kappa shape index (κ2) is 7.43. The Kier molecular flexibility index (Phi) is 4.80. The fraction of sp³-hybridized carbons (Fsp3) is 0.182. The zero-order valence-corrected chi connectivity index (χ0v) is 16.4. The van der Waals surface area contributed by atoms with Crippen LogP contribution < -0.4 is 4.74 Å². The van der Waals surface area contributed by atoms with Crippen LogP contribution in [0.15, 0.2) is 67.1 Å². The van der Waals surface area contributed by atoms with Gasteiger partial charge in [0.1, 0.15) is 5.75 Å². The maximum Gasteiger partial charge on any atom is 0.272 e. The lowest BCUT2D eigenvalue weighted by molar-refractivity contribution is 0.416. The van der Waals surface area contributed by atoms with E-state index in [9.17, 15) is 4.39 Å². The maximum absolute atomic E-state index is 14.1. The monoisotopic (exact) mass is 389 g/mol. The van der Waals surface area contributed by atoms with Crippen LogP contribution in [-0.2, 0) is 5.41 Å². The third-order valence-electron chi connectivity index (χ3n) is 4.86. The average Bonchev–Trinajstić information content (AvgIpc) is 3.25. The molecule has 0 saturated carbocycles. The minimum absolute atomic E-state index is 0.128. The first-order valence-electron chi connectivity index (χ1n) is 9.18. The molecule has 0 bridgehead atoms. The molecule has 0 unspecified atom stereocenters. The van der Waals surface area contributed by atoms with Gasteiger partial charge in [-0.2, -0.15) is 19.6 Å². The van der Waals surface area contributed by atoms with E-state index in [0.29, 0.717) is 5.75 Å². The molecule has 2 aromatic carbocycles. The molecule has 0 N–H and O–H groups in total. The van der Waals surface area contributed by atoms with Gasteiger partial charge in [0.2, 0.25) is 5.82 Å². The van der Waals surface area contributed by atoms with Crippen LogP contribution in [0.3, 0.4) is 0 Å². The summed E-state index contributed by atoms with van der Waals surface area (Å²) in [5, 5.41) is 7.88. The number of halogens is 1. The maximum atomic E-state index is 14.1. The van der Waals surface area contributed by atoms with Gasteiger partial charge < -0.3 is 4.74 Å². The summed E-state index contributed by atoms with van der Waals surface area (Å²) in [6.07, 6.45) is 4.01. The molecule has 0 radical (unpaired) electrons. The molecule has 0 spiro atoms. The quantitative estimate of drug-likeness (QED) is 0.498. The minimum atomic E-state index is -0.662. The Morgan fingerprint density at radius 3 is 2.10 bits per heavy atom. The Balaban J connectivity index is 1.57. The predicted octanol–water partition coefficient (Wildman–Crippen LogP) is 4.62. The summed E-state index contributed by atoms with van der Waals surface area (Å²) in [7, 11) is 0. The van der Waals surface area contributed by atoms with Crippen LogP contribution in [0.1, 0.15) is 30.5 Å².